The van der Waals surface area contributed by atoms with Crippen molar-refractivity contribution < 1.29 is 9.84 Å². The van der Waals surface area contributed by atoms with Gasteiger partial charge in [0.2, 0.25) is 5.88 Å². The average Bonchev–Trinajstić information content (AvgIpc) is 2.75. The summed E-state index contributed by atoms with van der Waals surface area (Å²) in [5.74, 6) is 0.554. The Labute approximate surface area is 175 Å². The monoisotopic (exact) mass is 401 g/mol. The highest BCUT2D eigenvalue weighted by Gasteiger charge is 2.18. The number of methoxy groups -OCH3 is 1. The van der Waals surface area contributed by atoms with Crippen LogP contribution in [0.25, 0.3) is 0 Å². The fourth-order valence-electron chi connectivity index (χ4n) is 3.21. The summed E-state index contributed by atoms with van der Waals surface area (Å²) in [5, 5.41) is 20.3. The molecule has 1 aromatic heterocycles. The number of aryl methyl sites for hydroxylation is 2. The van der Waals surface area contributed by atoms with Crippen molar-refractivity contribution in [1.82, 2.24) is 4.57 Å². The van der Waals surface area contributed by atoms with Crippen LogP contribution in [-0.2, 0) is 13.0 Å². The highest BCUT2D eigenvalue weighted by atomic mass is 16.5. The second-order valence-corrected chi connectivity index (χ2v) is 6.95. The van der Waals surface area contributed by atoms with E-state index in [4.69, 9.17) is 4.74 Å². The van der Waals surface area contributed by atoms with Crippen molar-refractivity contribution in [3.05, 3.63) is 86.7 Å². The maximum atomic E-state index is 12.8. The number of aromatic nitrogens is 1. The molecule has 1 N–H and O–H groups in total. The number of pyridine rings is 1. The molecule has 0 saturated carbocycles. The van der Waals surface area contributed by atoms with Gasteiger partial charge in [0.05, 0.1) is 18.4 Å². The zero-order chi connectivity index (χ0) is 21.7. The number of aliphatic imine (C=N–C) groups is 1. The van der Waals surface area contributed by atoms with Gasteiger partial charge in [-0.25, -0.2) is 0 Å². The van der Waals surface area contributed by atoms with E-state index in [-0.39, 0.29) is 18.0 Å². The highest BCUT2D eigenvalue weighted by Crippen LogP contribution is 2.23. The molecule has 1 heterocycles. The standard InChI is InChI=1S/C24H23N3O3/c1-16-6-4-5-7-22(16)26-15-21-17(2)20(14-25)23(28)27(24(21)29)13-12-18-8-10-19(30-3)11-9-18/h4-11,15,29H,12-13H2,1-3H3. The molecule has 0 bridgehead atoms. The third-order valence-electron chi connectivity index (χ3n) is 5.08. The lowest BCUT2D eigenvalue weighted by Crippen LogP contribution is -2.26. The Bertz CT molecular complexity index is 1190. The minimum atomic E-state index is -0.506. The Morgan fingerprint density at radius 2 is 1.87 bits per heavy atom. The zero-order valence-electron chi connectivity index (χ0n) is 17.2. The summed E-state index contributed by atoms with van der Waals surface area (Å²) in [7, 11) is 1.60. The maximum Gasteiger partial charge on any atom is 0.271 e. The molecule has 0 aliphatic heterocycles. The summed E-state index contributed by atoms with van der Waals surface area (Å²) in [6.07, 6.45) is 2.02. The first-order valence-corrected chi connectivity index (χ1v) is 9.55. The molecule has 3 aromatic rings. The molecule has 30 heavy (non-hydrogen) atoms. The largest absolute Gasteiger partial charge is 0.497 e. The predicted octanol–water partition coefficient (Wildman–Crippen LogP) is 4.04. The fraction of sp³-hybridized carbons (Fsp3) is 0.208. The fourth-order valence-corrected chi connectivity index (χ4v) is 3.21. The quantitative estimate of drug-likeness (QED) is 0.632. The SMILES string of the molecule is COc1ccc(CCn2c(O)c(C=Nc3ccccc3C)c(C)c(C#N)c2=O)cc1. The number of para-hydroxylation sites is 1. The van der Waals surface area contributed by atoms with Gasteiger partial charge < -0.3 is 9.84 Å². The molecule has 152 valence electrons. The Morgan fingerprint density at radius 1 is 1.17 bits per heavy atom. The highest BCUT2D eigenvalue weighted by molar-refractivity contribution is 5.87. The van der Waals surface area contributed by atoms with E-state index in [1.807, 2.05) is 61.5 Å². The van der Waals surface area contributed by atoms with Crippen molar-refractivity contribution in [3.63, 3.8) is 0 Å². The van der Waals surface area contributed by atoms with Crippen LogP contribution in [0.2, 0.25) is 0 Å². The molecule has 0 spiro atoms. The summed E-state index contributed by atoms with van der Waals surface area (Å²) in [6, 6.07) is 17.1. The van der Waals surface area contributed by atoms with Crippen LogP contribution >= 0.6 is 0 Å². The topological polar surface area (TPSA) is 87.6 Å². The number of hydrogen-bond acceptors (Lipinski definition) is 5. The Balaban J connectivity index is 1.99. The first-order valence-electron chi connectivity index (χ1n) is 9.55. The van der Waals surface area contributed by atoms with Crippen molar-refractivity contribution in [1.29, 1.82) is 5.26 Å². The first-order chi connectivity index (χ1) is 14.5. The van der Waals surface area contributed by atoms with E-state index in [9.17, 15) is 15.2 Å². The number of nitriles is 1. The second-order valence-electron chi connectivity index (χ2n) is 6.95. The van der Waals surface area contributed by atoms with Gasteiger partial charge in [-0.15, -0.1) is 0 Å². The van der Waals surface area contributed by atoms with Crippen LogP contribution in [-0.4, -0.2) is 23.0 Å². The van der Waals surface area contributed by atoms with Crippen molar-refractivity contribution in [2.24, 2.45) is 4.99 Å². The lowest BCUT2D eigenvalue weighted by molar-refractivity contribution is 0.404. The van der Waals surface area contributed by atoms with Crippen molar-refractivity contribution >= 4 is 11.9 Å². The van der Waals surface area contributed by atoms with Gasteiger partial charge in [-0.05, 0) is 55.2 Å². The molecule has 0 amide bonds. The predicted molar refractivity (Wildman–Crippen MR) is 117 cm³/mol. The van der Waals surface area contributed by atoms with E-state index in [0.717, 1.165) is 22.6 Å². The number of benzene rings is 2. The zero-order valence-corrected chi connectivity index (χ0v) is 17.2. The van der Waals surface area contributed by atoms with Gasteiger partial charge in [0.25, 0.3) is 5.56 Å². The van der Waals surface area contributed by atoms with Gasteiger partial charge in [0.1, 0.15) is 17.4 Å². The molecule has 0 aliphatic rings. The summed E-state index contributed by atoms with van der Waals surface area (Å²) < 4.78 is 6.39. The molecule has 3 rings (SSSR count). The molecule has 0 aliphatic carbocycles. The second kappa shape index (κ2) is 9.10. The lowest BCUT2D eigenvalue weighted by atomic mass is 10.1. The third kappa shape index (κ3) is 4.26. The summed E-state index contributed by atoms with van der Waals surface area (Å²) >= 11 is 0. The number of rotatable bonds is 6. The normalized spacial score (nSPS) is 10.9. The lowest BCUT2D eigenvalue weighted by Gasteiger charge is -2.14. The Kier molecular flexibility index (Phi) is 6.33. The minimum absolute atomic E-state index is 0.00812. The van der Waals surface area contributed by atoms with E-state index >= 15 is 0 Å². The molecule has 0 saturated heterocycles. The van der Waals surface area contributed by atoms with Crippen LogP contribution in [0.3, 0.4) is 0 Å². The summed E-state index contributed by atoms with van der Waals surface area (Å²) in [5.41, 5.74) is 3.01. The molecule has 0 unspecified atom stereocenters. The van der Waals surface area contributed by atoms with Crippen LogP contribution in [0.4, 0.5) is 5.69 Å². The average molecular weight is 401 g/mol. The summed E-state index contributed by atoms with van der Waals surface area (Å²) in [6.45, 7) is 3.82. The van der Waals surface area contributed by atoms with Gasteiger partial charge in [-0.1, -0.05) is 30.3 Å². The first kappa shape index (κ1) is 20.9. The summed E-state index contributed by atoms with van der Waals surface area (Å²) in [4.78, 5) is 17.2. The van der Waals surface area contributed by atoms with Gasteiger partial charge in [0.15, 0.2) is 0 Å². The van der Waals surface area contributed by atoms with E-state index in [1.165, 1.54) is 10.8 Å². The van der Waals surface area contributed by atoms with Crippen molar-refractivity contribution in [3.8, 4) is 17.7 Å². The van der Waals surface area contributed by atoms with Gasteiger partial charge in [0, 0.05) is 12.8 Å². The van der Waals surface area contributed by atoms with Crippen LogP contribution in [0.15, 0.2) is 58.3 Å². The van der Waals surface area contributed by atoms with E-state index in [2.05, 4.69) is 4.99 Å². The molecule has 0 fully saturated rings. The van der Waals surface area contributed by atoms with E-state index in [1.54, 1.807) is 14.0 Å². The van der Waals surface area contributed by atoms with Crippen LogP contribution in [0.5, 0.6) is 11.6 Å². The molecular weight excluding hydrogens is 378 g/mol. The van der Waals surface area contributed by atoms with Gasteiger partial charge >= 0.3 is 0 Å². The number of ether oxygens (including phenoxy) is 1. The Morgan fingerprint density at radius 3 is 2.50 bits per heavy atom. The minimum Gasteiger partial charge on any atom is -0.497 e. The maximum absolute atomic E-state index is 12.8. The van der Waals surface area contributed by atoms with Crippen LogP contribution in [0, 0.1) is 25.2 Å². The molecule has 0 radical (unpaired) electrons. The third-order valence-corrected chi connectivity index (χ3v) is 5.08. The van der Waals surface area contributed by atoms with Crippen LogP contribution < -0.4 is 10.3 Å². The van der Waals surface area contributed by atoms with Crippen molar-refractivity contribution in [2.45, 2.75) is 26.8 Å². The van der Waals surface area contributed by atoms with Crippen LogP contribution in [0.1, 0.15) is 27.8 Å². The molecule has 0 atom stereocenters. The number of nitrogens with zero attached hydrogens (tertiary/aromatic N) is 3. The van der Waals surface area contributed by atoms with Crippen molar-refractivity contribution in [2.75, 3.05) is 7.11 Å². The molecule has 6 nitrogen and oxygen atoms in total. The van der Waals surface area contributed by atoms with Gasteiger partial charge in [-0.3, -0.25) is 14.4 Å². The number of aromatic hydroxyl groups is 1. The molecular formula is C24H23N3O3. The molecule has 2 aromatic carbocycles. The van der Waals surface area contributed by atoms with E-state index < -0.39 is 5.56 Å². The molecule has 6 heteroatoms. The van der Waals surface area contributed by atoms with Gasteiger partial charge in [-0.2, -0.15) is 5.26 Å². The Hall–Kier alpha value is -3.85. The smallest absolute Gasteiger partial charge is 0.271 e. The van der Waals surface area contributed by atoms with E-state index in [0.29, 0.717) is 17.5 Å². The number of hydrogen-bond donors (Lipinski definition) is 1.